The van der Waals surface area contributed by atoms with Crippen LogP contribution in [0.1, 0.15) is 48.9 Å². The van der Waals surface area contributed by atoms with Crippen LogP contribution in [-0.4, -0.2) is 68.9 Å². The summed E-state index contributed by atoms with van der Waals surface area (Å²) < 4.78 is 54.1. The maximum atomic E-state index is 13.6. The lowest BCUT2D eigenvalue weighted by molar-refractivity contribution is -0.0221. The van der Waals surface area contributed by atoms with Gasteiger partial charge in [-0.15, -0.1) is 0 Å². The smallest absolute Gasteiger partial charge is 0.257 e. The molecule has 0 radical (unpaired) electrons. The van der Waals surface area contributed by atoms with Gasteiger partial charge >= 0.3 is 0 Å². The van der Waals surface area contributed by atoms with Crippen LogP contribution in [0.25, 0.3) is 0 Å². The average Bonchev–Trinajstić information content (AvgIpc) is 3.63. The zero-order valence-corrected chi connectivity index (χ0v) is 21.9. The molecule has 3 aliphatic rings. The summed E-state index contributed by atoms with van der Waals surface area (Å²) in [5.74, 6) is -2.92. The molecule has 2 aliphatic heterocycles. The number of amides is 1. The van der Waals surface area contributed by atoms with Gasteiger partial charge in [-0.1, -0.05) is 0 Å². The van der Waals surface area contributed by atoms with Crippen LogP contribution in [0, 0.1) is 5.41 Å². The van der Waals surface area contributed by atoms with Crippen LogP contribution in [0.15, 0.2) is 36.5 Å². The molecule has 1 aromatic heterocycles. The summed E-state index contributed by atoms with van der Waals surface area (Å²) in [6.45, 7) is 1.42. The third-order valence-electron chi connectivity index (χ3n) is 7.82. The fourth-order valence-corrected chi connectivity index (χ4v) is 6.06. The molecule has 1 aromatic carbocycles. The average molecular weight is 550 g/mol. The molecule has 0 bridgehead atoms. The fraction of sp³-hybridized carbons (Fsp3) is 0.538. The van der Waals surface area contributed by atoms with Gasteiger partial charge in [0, 0.05) is 57.0 Å². The number of sulfonamides is 1. The Labute approximate surface area is 221 Å². The fourth-order valence-electron chi connectivity index (χ4n) is 5.23. The van der Waals surface area contributed by atoms with Crippen molar-refractivity contribution in [2.45, 2.75) is 44.4 Å². The minimum absolute atomic E-state index is 0.186. The number of halogens is 2. The molecule has 1 spiro atoms. The number of aromatic nitrogens is 1. The van der Waals surface area contributed by atoms with Gasteiger partial charge in [-0.05, 0) is 55.4 Å². The van der Waals surface area contributed by atoms with E-state index < -0.39 is 28.3 Å². The Morgan fingerprint density at radius 1 is 0.947 bits per heavy atom. The summed E-state index contributed by atoms with van der Waals surface area (Å²) in [7, 11) is -3.72. The van der Waals surface area contributed by atoms with Crippen molar-refractivity contribution in [3.8, 4) is 0 Å². The Hall–Kier alpha value is -2.99. The number of piperidine rings is 2. The summed E-state index contributed by atoms with van der Waals surface area (Å²) in [6, 6.07) is 8.12. The number of hydrogen-bond donors (Lipinski definition) is 3. The van der Waals surface area contributed by atoms with Crippen molar-refractivity contribution in [1.29, 1.82) is 0 Å². The standard InChI is InChI=1S/C26H33F2N5O4S/c27-26(28)8-13-33(14-9-26)23-18-19(3-10-29-23)30-24(35)21-2-1-20(31-38(36,37)16-15-34)17-22(21)32-11-6-25(4-5-25)7-12-32/h1-3,10,17-18,31,34H,4-9,11-16H2,(H,29,30,35). The van der Waals surface area contributed by atoms with Crippen LogP contribution in [-0.2, 0) is 10.0 Å². The second kappa shape index (κ2) is 10.3. The number of nitrogens with zero attached hydrogens (tertiary/aromatic N) is 3. The highest BCUT2D eigenvalue weighted by Gasteiger charge is 2.44. The number of anilines is 4. The van der Waals surface area contributed by atoms with Crippen LogP contribution < -0.4 is 19.8 Å². The molecule has 2 aromatic rings. The van der Waals surface area contributed by atoms with E-state index in [0.29, 0.717) is 33.9 Å². The van der Waals surface area contributed by atoms with Crippen molar-refractivity contribution in [2.24, 2.45) is 5.41 Å². The molecule has 1 amide bonds. The third kappa shape index (κ3) is 6.17. The van der Waals surface area contributed by atoms with Crippen LogP contribution in [0.3, 0.4) is 0 Å². The number of hydrogen-bond acceptors (Lipinski definition) is 7. The molecule has 3 fully saturated rings. The van der Waals surface area contributed by atoms with Gasteiger partial charge in [-0.3, -0.25) is 9.52 Å². The molecule has 5 rings (SSSR count). The minimum atomic E-state index is -3.72. The van der Waals surface area contributed by atoms with Gasteiger partial charge in [0.05, 0.1) is 29.3 Å². The van der Waals surface area contributed by atoms with Gasteiger partial charge in [0.15, 0.2) is 0 Å². The molecule has 0 unspecified atom stereocenters. The van der Waals surface area contributed by atoms with E-state index >= 15 is 0 Å². The van der Waals surface area contributed by atoms with Gasteiger partial charge in [0.1, 0.15) is 5.82 Å². The second-order valence-electron chi connectivity index (χ2n) is 10.6. The molecule has 206 valence electrons. The highest BCUT2D eigenvalue weighted by molar-refractivity contribution is 7.92. The molecule has 9 nitrogen and oxygen atoms in total. The Balaban J connectivity index is 1.36. The maximum Gasteiger partial charge on any atom is 0.257 e. The zero-order valence-electron chi connectivity index (χ0n) is 21.1. The van der Waals surface area contributed by atoms with E-state index in [9.17, 15) is 22.0 Å². The summed E-state index contributed by atoms with van der Waals surface area (Å²) in [4.78, 5) is 21.7. The van der Waals surface area contributed by atoms with E-state index in [4.69, 9.17) is 5.11 Å². The lowest BCUT2D eigenvalue weighted by Crippen LogP contribution is -2.39. The molecule has 3 heterocycles. The van der Waals surface area contributed by atoms with Crippen molar-refractivity contribution in [2.75, 3.05) is 58.4 Å². The number of nitrogens with one attached hydrogen (secondary N) is 2. The number of benzene rings is 1. The van der Waals surface area contributed by atoms with Gasteiger partial charge in [0.2, 0.25) is 10.0 Å². The predicted molar refractivity (Wildman–Crippen MR) is 143 cm³/mol. The molecular formula is C26H33F2N5O4S. The molecule has 3 N–H and O–H groups in total. The number of carbonyl (C=O) groups is 1. The number of rotatable bonds is 8. The van der Waals surface area contributed by atoms with E-state index in [1.165, 1.54) is 25.1 Å². The van der Waals surface area contributed by atoms with E-state index in [0.717, 1.165) is 25.9 Å². The molecule has 38 heavy (non-hydrogen) atoms. The molecule has 2 saturated heterocycles. The number of alkyl halides is 2. The molecule has 12 heteroatoms. The van der Waals surface area contributed by atoms with Crippen molar-refractivity contribution in [1.82, 2.24) is 4.98 Å². The zero-order chi connectivity index (χ0) is 27.0. The Bertz CT molecular complexity index is 1280. The van der Waals surface area contributed by atoms with E-state index in [2.05, 4.69) is 19.9 Å². The number of pyridine rings is 1. The molecule has 1 saturated carbocycles. The number of carbonyl (C=O) groups excluding carboxylic acids is 1. The second-order valence-corrected chi connectivity index (χ2v) is 12.4. The van der Waals surface area contributed by atoms with Crippen molar-refractivity contribution < 1.29 is 27.1 Å². The first-order valence-electron chi connectivity index (χ1n) is 13.0. The van der Waals surface area contributed by atoms with E-state index in [1.807, 2.05) is 0 Å². The highest BCUT2D eigenvalue weighted by atomic mass is 32.2. The monoisotopic (exact) mass is 549 g/mol. The van der Waals surface area contributed by atoms with Crippen LogP contribution in [0.5, 0.6) is 0 Å². The molecule has 1 aliphatic carbocycles. The predicted octanol–water partition coefficient (Wildman–Crippen LogP) is 3.68. The van der Waals surface area contributed by atoms with Gasteiger partial charge in [0.25, 0.3) is 11.8 Å². The van der Waals surface area contributed by atoms with Crippen molar-refractivity contribution in [3.05, 3.63) is 42.1 Å². The summed E-state index contributed by atoms with van der Waals surface area (Å²) in [5.41, 5.74) is 2.27. The van der Waals surface area contributed by atoms with Crippen molar-refractivity contribution >= 4 is 38.8 Å². The topological polar surface area (TPSA) is 115 Å². The summed E-state index contributed by atoms with van der Waals surface area (Å²) >= 11 is 0. The van der Waals surface area contributed by atoms with Gasteiger partial charge in [-0.2, -0.15) is 0 Å². The van der Waals surface area contributed by atoms with Crippen LogP contribution in [0.4, 0.5) is 31.7 Å². The van der Waals surface area contributed by atoms with Crippen LogP contribution in [0.2, 0.25) is 0 Å². The first-order valence-corrected chi connectivity index (χ1v) is 14.6. The largest absolute Gasteiger partial charge is 0.395 e. The Morgan fingerprint density at radius 3 is 2.29 bits per heavy atom. The van der Waals surface area contributed by atoms with E-state index in [1.54, 1.807) is 29.2 Å². The first kappa shape index (κ1) is 26.6. The van der Waals surface area contributed by atoms with Crippen LogP contribution >= 0.6 is 0 Å². The minimum Gasteiger partial charge on any atom is -0.395 e. The van der Waals surface area contributed by atoms with Gasteiger partial charge < -0.3 is 20.2 Å². The number of aliphatic hydroxyl groups excluding tert-OH is 1. The van der Waals surface area contributed by atoms with Crippen molar-refractivity contribution in [3.63, 3.8) is 0 Å². The quantitative estimate of drug-likeness (QED) is 0.460. The summed E-state index contributed by atoms with van der Waals surface area (Å²) in [5, 5.41) is 12.0. The van der Waals surface area contributed by atoms with E-state index in [-0.39, 0.29) is 31.8 Å². The summed E-state index contributed by atoms with van der Waals surface area (Å²) in [6.07, 6.45) is 5.58. The number of aliphatic hydroxyl groups is 1. The normalized spacial score (nSPS) is 20.3. The third-order valence-corrected chi connectivity index (χ3v) is 9.09. The first-order chi connectivity index (χ1) is 18.1. The lowest BCUT2D eigenvalue weighted by Gasteiger charge is -2.35. The molecular weight excluding hydrogens is 516 g/mol. The Kier molecular flexibility index (Phi) is 7.21. The lowest BCUT2D eigenvalue weighted by atomic mass is 9.93. The Morgan fingerprint density at radius 2 is 1.63 bits per heavy atom. The van der Waals surface area contributed by atoms with Gasteiger partial charge in [-0.25, -0.2) is 22.2 Å². The highest BCUT2D eigenvalue weighted by Crippen LogP contribution is 2.54. The molecule has 0 atom stereocenters. The maximum absolute atomic E-state index is 13.6. The SMILES string of the molecule is O=C(Nc1ccnc(N2CCC(F)(F)CC2)c1)c1ccc(NS(=O)(=O)CCO)cc1N1CCC2(CC1)CC2.